The summed E-state index contributed by atoms with van der Waals surface area (Å²) >= 11 is 0. The Morgan fingerprint density at radius 3 is 1.24 bits per heavy atom. The van der Waals surface area contributed by atoms with Crippen LogP contribution >= 0.6 is 0 Å². The third-order valence-corrected chi connectivity index (χ3v) is 6.19. The van der Waals surface area contributed by atoms with Gasteiger partial charge in [0.1, 0.15) is 0 Å². The molecule has 0 saturated carbocycles. The molecule has 0 N–H and O–H groups in total. The Bertz CT molecular complexity index is 373. The molecule has 0 aliphatic carbocycles. The van der Waals surface area contributed by atoms with Gasteiger partial charge in [-0.15, -0.1) is 0 Å². The number of hydrogen-bond acceptors (Lipinski definition) is 4. The number of carbonyl (C=O) groups is 1. The molecule has 0 unspecified atom stereocenters. The predicted molar refractivity (Wildman–Crippen MR) is 141 cm³/mol. The van der Waals surface area contributed by atoms with Crippen LogP contribution in [0.4, 0.5) is 0 Å². The van der Waals surface area contributed by atoms with Gasteiger partial charge in [-0.1, -0.05) is 123 Å². The summed E-state index contributed by atoms with van der Waals surface area (Å²) < 4.78 is 16.5. The van der Waals surface area contributed by atoms with E-state index >= 15 is 0 Å². The first-order valence-electron chi connectivity index (χ1n) is 14.6. The highest BCUT2D eigenvalue weighted by Gasteiger charge is 2.02. The summed E-state index contributed by atoms with van der Waals surface area (Å²) in [5, 5.41) is 0. The maximum Gasteiger partial charge on any atom is 0.305 e. The molecule has 4 nitrogen and oxygen atoms in total. The Labute approximate surface area is 206 Å². The lowest BCUT2D eigenvalue weighted by atomic mass is 10.1. The number of unbranched alkanes of at least 4 members (excludes halogenated alkanes) is 17. The van der Waals surface area contributed by atoms with Gasteiger partial charge in [0.25, 0.3) is 0 Å². The van der Waals surface area contributed by atoms with E-state index in [1.807, 2.05) is 0 Å². The zero-order chi connectivity index (χ0) is 24.1. The Kier molecular flexibility index (Phi) is 28.9. The summed E-state index contributed by atoms with van der Waals surface area (Å²) in [7, 11) is 0. The van der Waals surface area contributed by atoms with Gasteiger partial charge >= 0.3 is 5.97 Å². The van der Waals surface area contributed by atoms with E-state index in [1.165, 1.54) is 109 Å². The second-order valence-corrected chi connectivity index (χ2v) is 9.56. The molecule has 0 fully saturated rings. The molecule has 0 radical (unpaired) electrons. The van der Waals surface area contributed by atoms with Crippen LogP contribution in [-0.2, 0) is 19.0 Å². The molecule has 0 saturated heterocycles. The van der Waals surface area contributed by atoms with Crippen LogP contribution in [0, 0.1) is 0 Å². The van der Waals surface area contributed by atoms with Crippen molar-refractivity contribution in [1.29, 1.82) is 0 Å². The quantitative estimate of drug-likeness (QED) is 0.0846. The van der Waals surface area contributed by atoms with E-state index in [-0.39, 0.29) is 5.97 Å². The molecule has 0 aromatic rings. The van der Waals surface area contributed by atoms with E-state index in [9.17, 15) is 4.79 Å². The molecule has 198 valence electrons. The van der Waals surface area contributed by atoms with Gasteiger partial charge in [-0.05, 0) is 19.3 Å². The average Bonchev–Trinajstić information content (AvgIpc) is 2.82. The van der Waals surface area contributed by atoms with Crippen molar-refractivity contribution in [2.24, 2.45) is 0 Å². The maximum absolute atomic E-state index is 11.7. The Morgan fingerprint density at radius 2 is 0.788 bits per heavy atom. The van der Waals surface area contributed by atoms with Crippen LogP contribution in [0.1, 0.15) is 149 Å². The van der Waals surface area contributed by atoms with Crippen LogP contribution in [0.3, 0.4) is 0 Å². The fourth-order valence-electron chi connectivity index (χ4n) is 4.00. The number of esters is 1. The first-order valence-corrected chi connectivity index (χ1v) is 14.6. The minimum atomic E-state index is -0.0869. The molecular formula is C29H58O4. The van der Waals surface area contributed by atoms with Gasteiger partial charge in [-0.3, -0.25) is 4.79 Å². The van der Waals surface area contributed by atoms with E-state index < -0.39 is 0 Å². The number of rotatable bonds is 28. The van der Waals surface area contributed by atoms with Crippen LogP contribution in [0.5, 0.6) is 0 Å². The van der Waals surface area contributed by atoms with Crippen molar-refractivity contribution in [2.45, 2.75) is 149 Å². The SMILES string of the molecule is CCCCCCCCCCCCOC(=O)CCCOCCOCCCCCCCCCCC. The summed E-state index contributed by atoms with van der Waals surface area (Å²) in [5.74, 6) is -0.0869. The molecule has 0 atom stereocenters. The van der Waals surface area contributed by atoms with Gasteiger partial charge in [0.15, 0.2) is 0 Å². The molecule has 33 heavy (non-hydrogen) atoms. The standard InChI is InChI=1S/C29H58O4/c1-3-5-7-9-11-13-15-17-19-21-26-33-29(30)23-22-25-32-28-27-31-24-20-18-16-14-12-10-8-6-4-2/h3-28H2,1-2H3. The van der Waals surface area contributed by atoms with Gasteiger partial charge in [0.2, 0.25) is 0 Å². The molecule has 0 heterocycles. The average molecular weight is 471 g/mol. The van der Waals surface area contributed by atoms with Crippen LogP contribution < -0.4 is 0 Å². The van der Waals surface area contributed by atoms with Gasteiger partial charge in [-0.2, -0.15) is 0 Å². The minimum Gasteiger partial charge on any atom is -0.466 e. The number of hydrogen-bond donors (Lipinski definition) is 0. The smallest absolute Gasteiger partial charge is 0.305 e. The van der Waals surface area contributed by atoms with Crippen LogP contribution in [-0.4, -0.2) is 39.0 Å². The Hall–Kier alpha value is -0.610. The third kappa shape index (κ3) is 29.4. The Morgan fingerprint density at radius 1 is 0.424 bits per heavy atom. The molecular weight excluding hydrogens is 412 g/mol. The molecule has 4 heteroatoms. The molecule has 0 aromatic heterocycles. The van der Waals surface area contributed by atoms with Crippen LogP contribution in [0.2, 0.25) is 0 Å². The second kappa shape index (κ2) is 29.4. The van der Waals surface area contributed by atoms with Crippen molar-refractivity contribution in [3.05, 3.63) is 0 Å². The van der Waals surface area contributed by atoms with E-state index in [0.717, 1.165) is 25.9 Å². The zero-order valence-corrected chi connectivity index (χ0v) is 22.5. The summed E-state index contributed by atoms with van der Waals surface area (Å²) in [6.07, 6.45) is 26.2. The highest BCUT2D eigenvalue weighted by atomic mass is 16.5. The maximum atomic E-state index is 11.7. The van der Waals surface area contributed by atoms with Crippen LogP contribution in [0.15, 0.2) is 0 Å². The van der Waals surface area contributed by atoms with E-state index in [4.69, 9.17) is 14.2 Å². The third-order valence-electron chi connectivity index (χ3n) is 6.19. The molecule has 0 aliphatic rings. The van der Waals surface area contributed by atoms with Crippen molar-refractivity contribution in [3.8, 4) is 0 Å². The zero-order valence-electron chi connectivity index (χ0n) is 22.5. The lowest BCUT2D eigenvalue weighted by Gasteiger charge is -2.07. The number of ether oxygens (including phenoxy) is 3. The Balaban J connectivity index is 3.13. The van der Waals surface area contributed by atoms with Gasteiger partial charge < -0.3 is 14.2 Å². The summed E-state index contributed by atoms with van der Waals surface area (Å²) in [5.41, 5.74) is 0. The topological polar surface area (TPSA) is 44.8 Å². The second-order valence-electron chi connectivity index (χ2n) is 9.56. The molecule has 0 aliphatic heterocycles. The highest BCUT2D eigenvalue weighted by Crippen LogP contribution is 2.11. The number of carbonyl (C=O) groups excluding carboxylic acids is 1. The van der Waals surface area contributed by atoms with Gasteiger partial charge in [-0.25, -0.2) is 0 Å². The van der Waals surface area contributed by atoms with Crippen molar-refractivity contribution < 1.29 is 19.0 Å². The minimum absolute atomic E-state index is 0.0869. The molecule has 0 amide bonds. The van der Waals surface area contributed by atoms with E-state index in [2.05, 4.69) is 13.8 Å². The van der Waals surface area contributed by atoms with Crippen molar-refractivity contribution >= 4 is 5.97 Å². The molecule has 0 bridgehead atoms. The first-order chi connectivity index (χ1) is 16.3. The normalized spacial score (nSPS) is 11.2. The van der Waals surface area contributed by atoms with Crippen LogP contribution in [0.25, 0.3) is 0 Å². The monoisotopic (exact) mass is 470 g/mol. The fraction of sp³-hybridized carbons (Fsp3) is 0.966. The van der Waals surface area contributed by atoms with Crippen molar-refractivity contribution in [2.75, 3.05) is 33.0 Å². The largest absolute Gasteiger partial charge is 0.466 e. The summed E-state index contributed by atoms with van der Waals surface area (Å²) in [4.78, 5) is 11.7. The molecule has 0 aromatic carbocycles. The van der Waals surface area contributed by atoms with Crippen molar-refractivity contribution in [3.63, 3.8) is 0 Å². The molecule has 0 spiro atoms. The lowest BCUT2D eigenvalue weighted by molar-refractivity contribution is -0.144. The van der Waals surface area contributed by atoms with Crippen molar-refractivity contribution in [1.82, 2.24) is 0 Å². The summed E-state index contributed by atoms with van der Waals surface area (Å²) in [6, 6.07) is 0. The molecule has 0 rings (SSSR count). The first kappa shape index (κ1) is 32.4. The lowest BCUT2D eigenvalue weighted by Crippen LogP contribution is -2.09. The predicted octanol–water partition coefficient (Wildman–Crippen LogP) is 8.79. The van der Waals surface area contributed by atoms with E-state index in [1.54, 1.807) is 0 Å². The fourth-order valence-corrected chi connectivity index (χ4v) is 4.00. The van der Waals surface area contributed by atoms with Gasteiger partial charge in [0.05, 0.1) is 19.8 Å². The van der Waals surface area contributed by atoms with E-state index in [0.29, 0.717) is 32.8 Å². The van der Waals surface area contributed by atoms with Gasteiger partial charge in [0, 0.05) is 19.6 Å². The summed E-state index contributed by atoms with van der Waals surface area (Å²) in [6.45, 7) is 7.81. The highest BCUT2D eigenvalue weighted by molar-refractivity contribution is 5.69.